The van der Waals surface area contributed by atoms with Crippen LogP contribution in [0.15, 0.2) is 0 Å². The van der Waals surface area contributed by atoms with Gasteiger partial charge in [-0.05, 0) is 51.7 Å². The zero-order chi connectivity index (χ0) is 11.2. The Morgan fingerprint density at radius 3 is 2.69 bits per heavy atom. The van der Waals surface area contributed by atoms with E-state index in [0.717, 1.165) is 19.5 Å². The molecule has 0 aromatic rings. The molecule has 1 saturated carbocycles. The van der Waals surface area contributed by atoms with Gasteiger partial charge in [0.1, 0.15) is 0 Å². The highest BCUT2D eigenvalue weighted by Crippen LogP contribution is 2.17. The average molecular weight is 225 g/mol. The van der Waals surface area contributed by atoms with Crippen molar-refractivity contribution < 1.29 is 4.79 Å². The van der Waals surface area contributed by atoms with Gasteiger partial charge in [0.05, 0.1) is 6.54 Å². The quantitative estimate of drug-likeness (QED) is 0.614. The van der Waals surface area contributed by atoms with Crippen LogP contribution in [0.4, 0.5) is 0 Å². The zero-order valence-electron chi connectivity index (χ0n) is 10.0. The highest BCUT2D eigenvalue weighted by Gasteiger charge is 2.20. The SMILES string of the molecule is O=C(CNC1CC1)NCCCN1CCCC1. The fourth-order valence-corrected chi connectivity index (χ4v) is 2.12. The van der Waals surface area contributed by atoms with Crippen molar-refractivity contribution in [2.75, 3.05) is 32.7 Å². The van der Waals surface area contributed by atoms with Gasteiger partial charge < -0.3 is 15.5 Å². The molecule has 16 heavy (non-hydrogen) atoms. The summed E-state index contributed by atoms with van der Waals surface area (Å²) >= 11 is 0. The summed E-state index contributed by atoms with van der Waals surface area (Å²) in [6.07, 6.45) is 6.25. The number of hydrogen-bond acceptors (Lipinski definition) is 3. The molecule has 0 atom stereocenters. The minimum atomic E-state index is 0.147. The van der Waals surface area contributed by atoms with Crippen molar-refractivity contribution in [1.29, 1.82) is 0 Å². The molecule has 1 amide bonds. The number of nitrogens with zero attached hydrogens (tertiary/aromatic N) is 1. The molecule has 4 nitrogen and oxygen atoms in total. The molecular formula is C12H23N3O. The van der Waals surface area contributed by atoms with Gasteiger partial charge in [-0.1, -0.05) is 0 Å². The average Bonchev–Trinajstić information content (AvgIpc) is 2.97. The van der Waals surface area contributed by atoms with Crippen LogP contribution < -0.4 is 10.6 Å². The van der Waals surface area contributed by atoms with E-state index in [0.29, 0.717) is 12.6 Å². The fourth-order valence-electron chi connectivity index (χ4n) is 2.12. The number of likely N-dealkylation sites (tertiary alicyclic amines) is 1. The molecule has 2 rings (SSSR count). The Labute approximate surface area is 97.8 Å². The van der Waals surface area contributed by atoms with E-state index in [2.05, 4.69) is 15.5 Å². The lowest BCUT2D eigenvalue weighted by molar-refractivity contribution is -0.120. The molecule has 92 valence electrons. The first-order valence-corrected chi connectivity index (χ1v) is 6.57. The second-order valence-electron chi connectivity index (χ2n) is 4.91. The van der Waals surface area contributed by atoms with E-state index in [1.54, 1.807) is 0 Å². The van der Waals surface area contributed by atoms with Crippen LogP contribution in [0, 0.1) is 0 Å². The molecular weight excluding hydrogens is 202 g/mol. The van der Waals surface area contributed by atoms with E-state index < -0.39 is 0 Å². The molecule has 0 unspecified atom stereocenters. The molecule has 4 heteroatoms. The first-order valence-electron chi connectivity index (χ1n) is 6.57. The molecule has 2 N–H and O–H groups in total. The van der Waals surface area contributed by atoms with Crippen molar-refractivity contribution in [3.8, 4) is 0 Å². The predicted octanol–water partition coefficient (Wildman–Crippen LogP) is 0.341. The van der Waals surface area contributed by atoms with Gasteiger partial charge in [-0.15, -0.1) is 0 Å². The monoisotopic (exact) mass is 225 g/mol. The summed E-state index contributed by atoms with van der Waals surface area (Å²) in [5, 5.41) is 6.18. The summed E-state index contributed by atoms with van der Waals surface area (Å²) < 4.78 is 0. The molecule has 0 aromatic heterocycles. The molecule has 0 radical (unpaired) electrons. The number of carbonyl (C=O) groups is 1. The zero-order valence-corrected chi connectivity index (χ0v) is 10.0. The van der Waals surface area contributed by atoms with Gasteiger partial charge in [-0.3, -0.25) is 4.79 Å². The van der Waals surface area contributed by atoms with Crippen molar-refractivity contribution >= 4 is 5.91 Å². The van der Waals surface area contributed by atoms with Gasteiger partial charge in [-0.2, -0.15) is 0 Å². The van der Waals surface area contributed by atoms with Crippen LogP contribution in [0.3, 0.4) is 0 Å². The van der Waals surface area contributed by atoms with Crippen molar-refractivity contribution in [2.24, 2.45) is 0 Å². The highest BCUT2D eigenvalue weighted by molar-refractivity contribution is 5.78. The van der Waals surface area contributed by atoms with Gasteiger partial charge >= 0.3 is 0 Å². The number of rotatable bonds is 7. The molecule has 2 fully saturated rings. The van der Waals surface area contributed by atoms with Crippen LogP contribution in [0.2, 0.25) is 0 Å². The van der Waals surface area contributed by atoms with Gasteiger partial charge in [0.15, 0.2) is 0 Å². The van der Waals surface area contributed by atoms with Crippen molar-refractivity contribution in [1.82, 2.24) is 15.5 Å². The van der Waals surface area contributed by atoms with Crippen LogP contribution in [0.5, 0.6) is 0 Å². The Morgan fingerprint density at radius 2 is 2.00 bits per heavy atom. The summed E-state index contributed by atoms with van der Waals surface area (Å²) in [4.78, 5) is 13.9. The number of carbonyl (C=O) groups excluding carboxylic acids is 1. The van der Waals surface area contributed by atoms with E-state index in [4.69, 9.17) is 0 Å². The van der Waals surface area contributed by atoms with E-state index >= 15 is 0 Å². The first kappa shape index (κ1) is 11.9. The third-order valence-corrected chi connectivity index (χ3v) is 3.30. The van der Waals surface area contributed by atoms with Crippen LogP contribution >= 0.6 is 0 Å². The molecule has 1 saturated heterocycles. The highest BCUT2D eigenvalue weighted by atomic mass is 16.1. The molecule has 0 aromatic carbocycles. The molecule has 0 bridgehead atoms. The van der Waals surface area contributed by atoms with E-state index in [9.17, 15) is 4.79 Å². The minimum Gasteiger partial charge on any atom is -0.355 e. The third kappa shape index (κ3) is 4.49. The standard InChI is InChI=1S/C12H23N3O/c16-12(10-14-11-4-5-11)13-6-3-9-15-7-1-2-8-15/h11,14H,1-10H2,(H,13,16). The summed E-state index contributed by atoms with van der Waals surface area (Å²) in [6, 6.07) is 0.621. The molecule has 1 heterocycles. The van der Waals surface area contributed by atoms with Crippen molar-refractivity contribution in [3.63, 3.8) is 0 Å². The summed E-state index contributed by atoms with van der Waals surface area (Å²) in [5.41, 5.74) is 0. The van der Waals surface area contributed by atoms with Crippen molar-refractivity contribution in [2.45, 2.75) is 38.1 Å². The van der Waals surface area contributed by atoms with Crippen LogP contribution in [0.1, 0.15) is 32.1 Å². The van der Waals surface area contributed by atoms with Crippen LogP contribution in [-0.4, -0.2) is 49.6 Å². The third-order valence-electron chi connectivity index (χ3n) is 3.30. The topological polar surface area (TPSA) is 44.4 Å². The molecule has 0 spiro atoms. The second kappa shape index (κ2) is 6.21. The van der Waals surface area contributed by atoms with E-state index in [1.165, 1.54) is 38.8 Å². The lowest BCUT2D eigenvalue weighted by Gasteiger charge is -2.14. The van der Waals surface area contributed by atoms with Crippen molar-refractivity contribution in [3.05, 3.63) is 0 Å². The number of nitrogens with one attached hydrogen (secondary N) is 2. The van der Waals surface area contributed by atoms with Gasteiger partial charge in [0, 0.05) is 12.6 Å². The lowest BCUT2D eigenvalue weighted by atomic mass is 10.4. The Hall–Kier alpha value is -0.610. The van der Waals surface area contributed by atoms with Crippen LogP contribution in [-0.2, 0) is 4.79 Å². The van der Waals surface area contributed by atoms with Gasteiger partial charge in [-0.25, -0.2) is 0 Å². The minimum absolute atomic E-state index is 0.147. The maximum Gasteiger partial charge on any atom is 0.233 e. The Bertz CT molecular complexity index is 222. The fraction of sp³-hybridized carbons (Fsp3) is 0.917. The number of amides is 1. The maximum atomic E-state index is 11.4. The molecule has 2 aliphatic rings. The Morgan fingerprint density at radius 1 is 1.25 bits per heavy atom. The van der Waals surface area contributed by atoms with Crippen LogP contribution in [0.25, 0.3) is 0 Å². The summed E-state index contributed by atoms with van der Waals surface area (Å²) in [5.74, 6) is 0.147. The smallest absolute Gasteiger partial charge is 0.233 e. The summed E-state index contributed by atoms with van der Waals surface area (Å²) in [7, 11) is 0. The maximum absolute atomic E-state index is 11.4. The van der Waals surface area contributed by atoms with Gasteiger partial charge in [0.25, 0.3) is 0 Å². The number of hydrogen-bond donors (Lipinski definition) is 2. The van der Waals surface area contributed by atoms with Gasteiger partial charge in [0.2, 0.25) is 5.91 Å². The van der Waals surface area contributed by atoms with E-state index in [-0.39, 0.29) is 5.91 Å². The molecule has 1 aliphatic carbocycles. The normalized spacial score (nSPS) is 21.2. The Kier molecular flexibility index (Phi) is 4.60. The molecule has 1 aliphatic heterocycles. The first-order chi connectivity index (χ1) is 7.84. The largest absolute Gasteiger partial charge is 0.355 e. The summed E-state index contributed by atoms with van der Waals surface area (Å²) in [6.45, 7) is 4.95. The lowest BCUT2D eigenvalue weighted by Crippen LogP contribution is -2.36. The second-order valence-corrected chi connectivity index (χ2v) is 4.91. The predicted molar refractivity (Wildman–Crippen MR) is 64.3 cm³/mol. The van der Waals surface area contributed by atoms with E-state index in [1.807, 2.05) is 0 Å². The Balaban J connectivity index is 1.42.